The molecule has 1 aliphatic rings. The van der Waals surface area contributed by atoms with Gasteiger partial charge in [0, 0.05) is 17.3 Å². The lowest BCUT2D eigenvalue weighted by atomic mass is 10.0. The highest BCUT2D eigenvalue weighted by Gasteiger charge is 2.20. The molecule has 2 heteroatoms. The Morgan fingerprint density at radius 3 is 3.00 bits per heavy atom. The summed E-state index contributed by atoms with van der Waals surface area (Å²) >= 11 is 0. The number of aliphatic hydroxyl groups is 1. The fraction of sp³-hybridized carbons (Fsp3) is 0.455. The maximum absolute atomic E-state index is 9.53. The molecule has 2 unspecified atom stereocenters. The van der Waals surface area contributed by atoms with E-state index in [0.29, 0.717) is 6.04 Å². The van der Waals surface area contributed by atoms with Gasteiger partial charge in [0.1, 0.15) is 0 Å². The third-order valence-electron chi connectivity index (χ3n) is 2.55. The number of hydrogen-bond donors (Lipinski definition) is 2. The summed E-state index contributed by atoms with van der Waals surface area (Å²) in [5, 5.41) is 12.9. The lowest BCUT2D eigenvalue weighted by Crippen LogP contribution is -2.09. The molecule has 2 N–H and O–H groups in total. The van der Waals surface area contributed by atoms with E-state index < -0.39 is 0 Å². The Kier molecular flexibility index (Phi) is 2.00. The van der Waals surface area contributed by atoms with Crippen LogP contribution in [0.5, 0.6) is 0 Å². The van der Waals surface area contributed by atoms with Crippen LogP contribution < -0.4 is 5.32 Å². The molecule has 0 spiro atoms. The quantitative estimate of drug-likeness (QED) is 0.688. The summed E-state index contributed by atoms with van der Waals surface area (Å²) < 4.78 is 0. The van der Waals surface area contributed by atoms with Crippen molar-refractivity contribution in [1.29, 1.82) is 0 Å². The summed E-state index contributed by atoms with van der Waals surface area (Å²) in [6, 6.07) is 6.61. The highest BCUT2D eigenvalue weighted by Crippen LogP contribution is 2.32. The zero-order valence-electron chi connectivity index (χ0n) is 8.04. The Labute approximate surface area is 78.6 Å². The highest BCUT2D eigenvalue weighted by molar-refractivity contribution is 5.62. The van der Waals surface area contributed by atoms with Crippen LogP contribution in [0.2, 0.25) is 0 Å². The molecule has 0 aliphatic carbocycles. The highest BCUT2D eigenvalue weighted by atomic mass is 16.3. The minimum absolute atomic E-state index is 0.382. The van der Waals surface area contributed by atoms with Crippen molar-refractivity contribution in [3.05, 3.63) is 29.3 Å². The minimum Gasteiger partial charge on any atom is -0.389 e. The van der Waals surface area contributed by atoms with Gasteiger partial charge in [0.15, 0.2) is 0 Å². The standard InChI is InChI=1S/C11H15NO/c1-7-6-9-4-3-5-10(8(2)13)11(9)12-7/h3-5,7-8,12-13H,6H2,1-2H3. The van der Waals surface area contributed by atoms with Crippen molar-refractivity contribution in [3.8, 4) is 0 Å². The fourth-order valence-electron chi connectivity index (χ4n) is 1.94. The summed E-state index contributed by atoms with van der Waals surface area (Å²) in [5.74, 6) is 0. The largest absolute Gasteiger partial charge is 0.389 e. The maximum Gasteiger partial charge on any atom is 0.0782 e. The molecule has 1 aromatic rings. The first-order valence-corrected chi connectivity index (χ1v) is 4.75. The first kappa shape index (κ1) is 8.57. The van der Waals surface area contributed by atoms with Crippen molar-refractivity contribution in [2.45, 2.75) is 32.4 Å². The van der Waals surface area contributed by atoms with Crippen LogP contribution in [0.15, 0.2) is 18.2 Å². The molecule has 0 fully saturated rings. The molecule has 0 aromatic heterocycles. The third-order valence-corrected chi connectivity index (χ3v) is 2.55. The van der Waals surface area contributed by atoms with Gasteiger partial charge in [0.05, 0.1) is 6.10 Å². The predicted octanol–water partition coefficient (Wildman–Crippen LogP) is 2.10. The smallest absolute Gasteiger partial charge is 0.0782 e. The van der Waals surface area contributed by atoms with E-state index in [0.717, 1.165) is 17.7 Å². The van der Waals surface area contributed by atoms with E-state index in [1.54, 1.807) is 6.92 Å². The minimum atomic E-state index is -0.382. The lowest BCUT2D eigenvalue weighted by molar-refractivity contribution is 0.200. The molecule has 2 nitrogen and oxygen atoms in total. The van der Waals surface area contributed by atoms with E-state index in [4.69, 9.17) is 0 Å². The van der Waals surface area contributed by atoms with Gasteiger partial charge < -0.3 is 10.4 Å². The molecular formula is C11H15NO. The Morgan fingerprint density at radius 2 is 2.31 bits per heavy atom. The molecule has 1 heterocycles. The molecule has 0 saturated heterocycles. The van der Waals surface area contributed by atoms with Crippen LogP contribution in [0, 0.1) is 0 Å². The molecule has 0 saturated carbocycles. The van der Waals surface area contributed by atoms with Crippen LogP contribution >= 0.6 is 0 Å². The SMILES string of the molecule is CC1Cc2cccc(C(C)O)c2N1. The van der Waals surface area contributed by atoms with Crippen LogP contribution in [-0.2, 0) is 6.42 Å². The van der Waals surface area contributed by atoms with Gasteiger partial charge in [-0.3, -0.25) is 0 Å². The van der Waals surface area contributed by atoms with E-state index in [-0.39, 0.29) is 6.10 Å². The van der Waals surface area contributed by atoms with Gasteiger partial charge in [0.25, 0.3) is 0 Å². The third kappa shape index (κ3) is 1.42. The van der Waals surface area contributed by atoms with Crippen LogP contribution in [0.25, 0.3) is 0 Å². The summed E-state index contributed by atoms with van der Waals surface area (Å²) in [6.07, 6.45) is 0.684. The predicted molar refractivity (Wildman–Crippen MR) is 53.9 cm³/mol. The van der Waals surface area contributed by atoms with Crippen molar-refractivity contribution in [2.24, 2.45) is 0 Å². The van der Waals surface area contributed by atoms with Crippen LogP contribution in [0.3, 0.4) is 0 Å². The fourth-order valence-corrected chi connectivity index (χ4v) is 1.94. The second kappa shape index (κ2) is 3.04. The molecule has 70 valence electrons. The average molecular weight is 177 g/mol. The van der Waals surface area contributed by atoms with Gasteiger partial charge in [-0.05, 0) is 25.8 Å². The van der Waals surface area contributed by atoms with Crippen LogP contribution in [0.4, 0.5) is 5.69 Å². The van der Waals surface area contributed by atoms with E-state index in [1.165, 1.54) is 5.56 Å². The van der Waals surface area contributed by atoms with Crippen molar-refractivity contribution in [2.75, 3.05) is 5.32 Å². The molecule has 2 rings (SSSR count). The number of fused-ring (bicyclic) bond motifs is 1. The maximum atomic E-state index is 9.53. The molecule has 2 atom stereocenters. The molecule has 0 amide bonds. The molecule has 1 aromatic carbocycles. The van der Waals surface area contributed by atoms with E-state index in [9.17, 15) is 5.11 Å². The van der Waals surface area contributed by atoms with Gasteiger partial charge in [0.2, 0.25) is 0 Å². The molecule has 13 heavy (non-hydrogen) atoms. The summed E-state index contributed by atoms with van der Waals surface area (Å²) in [7, 11) is 0. The first-order valence-electron chi connectivity index (χ1n) is 4.75. The number of rotatable bonds is 1. The van der Waals surface area contributed by atoms with Crippen molar-refractivity contribution < 1.29 is 5.11 Å². The van der Waals surface area contributed by atoms with E-state index in [1.807, 2.05) is 12.1 Å². The van der Waals surface area contributed by atoms with Crippen LogP contribution in [0.1, 0.15) is 31.1 Å². The molecule has 0 radical (unpaired) electrons. The van der Waals surface area contributed by atoms with Crippen molar-refractivity contribution in [3.63, 3.8) is 0 Å². The van der Waals surface area contributed by atoms with E-state index >= 15 is 0 Å². The Bertz CT molecular complexity index is 320. The topological polar surface area (TPSA) is 32.3 Å². The zero-order chi connectivity index (χ0) is 9.42. The second-order valence-electron chi connectivity index (χ2n) is 3.81. The van der Waals surface area contributed by atoms with Gasteiger partial charge in [-0.2, -0.15) is 0 Å². The number of nitrogens with one attached hydrogen (secondary N) is 1. The van der Waals surface area contributed by atoms with E-state index in [2.05, 4.69) is 18.3 Å². The number of aliphatic hydroxyl groups excluding tert-OH is 1. The average Bonchev–Trinajstić information content (AvgIpc) is 2.43. The Morgan fingerprint density at radius 1 is 1.54 bits per heavy atom. The Hall–Kier alpha value is -1.02. The van der Waals surface area contributed by atoms with Gasteiger partial charge in [-0.15, -0.1) is 0 Å². The van der Waals surface area contributed by atoms with Gasteiger partial charge in [-0.25, -0.2) is 0 Å². The van der Waals surface area contributed by atoms with Gasteiger partial charge in [-0.1, -0.05) is 18.2 Å². The van der Waals surface area contributed by atoms with Crippen LogP contribution in [-0.4, -0.2) is 11.1 Å². The first-order chi connectivity index (χ1) is 6.18. The normalized spacial score (nSPS) is 22.2. The summed E-state index contributed by atoms with van der Waals surface area (Å²) in [4.78, 5) is 0. The molecule has 1 aliphatic heterocycles. The number of benzene rings is 1. The molecular weight excluding hydrogens is 162 g/mol. The molecule has 0 bridgehead atoms. The lowest BCUT2D eigenvalue weighted by Gasteiger charge is -2.11. The summed E-state index contributed by atoms with van der Waals surface area (Å²) in [6.45, 7) is 3.96. The second-order valence-corrected chi connectivity index (χ2v) is 3.81. The van der Waals surface area contributed by atoms with Crippen molar-refractivity contribution in [1.82, 2.24) is 0 Å². The van der Waals surface area contributed by atoms with Crippen molar-refractivity contribution >= 4 is 5.69 Å². The number of hydrogen-bond acceptors (Lipinski definition) is 2. The zero-order valence-corrected chi connectivity index (χ0v) is 8.04. The Balaban J connectivity index is 2.45. The number of para-hydroxylation sites is 1. The monoisotopic (exact) mass is 177 g/mol. The number of anilines is 1. The summed E-state index contributed by atoms with van der Waals surface area (Å²) in [5.41, 5.74) is 3.48. The van der Waals surface area contributed by atoms with Gasteiger partial charge >= 0.3 is 0 Å².